The van der Waals surface area contributed by atoms with Gasteiger partial charge in [-0.15, -0.1) is 0 Å². The second-order valence-corrected chi connectivity index (χ2v) is 4.78. The molecule has 0 amide bonds. The van der Waals surface area contributed by atoms with Gasteiger partial charge in [-0.1, -0.05) is 0 Å². The molecule has 0 radical (unpaired) electrons. The summed E-state index contributed by atoms with van der Waals surface area (Å²) in [5.41, 5.74) is 0. The van der Waals surface area contributed by atoms with Gasteiger partial charge in [-0.2, -0.15) is 0 Å². The molecule has 0 heterocycles. The van der Waals surface area contributed by atoms with E-state index in [2.05, 4.69) is 4.74 Å². The summed E-state index contributed by atoms with van der Waals surface area (Å²) in [6.07, 6.45) is -13.8. The van der Waals surface area contributed by atoms with Gasteiger partial charge < -0.3 is 45.6 Å². The van der Waals surface area contributed by atoms with E-state index in [1.165, 1.54) is 0 Å². The fourth-order valence-corrected chi connectivity index (χ4v) is 1.37. The minimum atomic E-state index is -2.59. The molecule has 0 aromatic carbocycles. The summed E-state index contributed by atoms with van der Waals surface area (Å²) in [7, 11) is 0. The van der Waals surface area contributed by atoms with Crippen LogP contribution in [0.4, 0.5) is 0 Å². The first-order chi connectivity index (χ1) is 11.5. The van der Waals surface area contributed by atoms with Gasteiger partial charge in [0.15, 0.2) is 12.2 Å². The molecule has 0 aliphatic carbocycles. The number of esters is 2. The molecular formula is C12H18O13. The van der Waals surface area contributed by atoms with Gasteiger partial charge in [0, 0.05) is 0 Å². The summed E-state index contributed by atoms with van der Waals surface area (Å²) in [4.78, 5) is 45.4. The lowest BCUT2D eigenvalue weighted by molar-refractivity contribution is -0.175. The van der Waals surface area contributed by atoms with Crippen molar-refractivity contribution in [3.05, 3.63) is 0 Å². The Balaban J connectivity index is 4.86. The normalized spacial score (nSPS) is 18.4. The molecule has 0 aromatic rings. The molecule has 0 unspecified atom stereocenters. The minimum absolute atomic E-state index is 1.07. The summed E-state index contributed by atoms with van der Waals surface area (Å²) in [6.45, 7) is -2.15. The van der Waals surface area contributed by atoms with E-state index in [0.717, 1.165) is 0 Å². The average Bonchev–Trinajstić information content (AvgIpc) is 2.62. The van der Waals surface area contributed by atoms with Gasteiger partial charge in [0.1, 0.15) is 24.4 Å². The van der Waals surface area contributed by atoms with Gasteiger partial charge in [0.25, 0.3) is 11.6 Å². The molecule has 13 nitrogen and oxygen atoms in total. The highest BCUT2D eigenvalue weighted by Gasteiger charge is 2.39. The zero-order valence-electron chi connectivity index (χ0n) is 12.5. The van der Waals surface area contributed by atoms with Crippen LogP contribution >= 0.6 is 0 Å². The van der Waals surface area contributed by atoms with Crippen LogP contribution in [0.1, 0.15) is 0 Å². The van der Waals surface area contributed by atoms with Crippen LogP contribution in [-0.4, -0.2) is 114 Å². The number of Topliss-reactive ketones (excluding diaryl/α,β-unsaturated/α-hetero) is 2. The van der Waals surface area contributed by atoms with Crippen LogP contribution in [0.25, 0.3) is 0 Å². The Morgan fingerprint density at radius 2 is 0.920 bits per heavy atom. The summed E-state index contributed by atoms with van der Waals surface area (Å²) in [5.74, 6) is -8.18. The summed E-state index contributed by atoms with van der Waals surface area (Å²) in [5, 5.41) is 72.2. The van der Waals surface area contributed by atoms with E-state index in [-0.39, 0.29) is 0 Å². The van der Waals surface area contributed by atoms with Crippen molar-refractivity contribution in [1.29, 1.82) is 0 Å². The minimum Gasteiger partial charge on any atom is -0.394 e. The Morgan fingerprint density at radius 3 is 1.16 bits per heavy atom. The Labute approximate surface area is 139 Å². The first-order valence-electron chi connectivity index (χ1n) is 6.63. The Morgan fingerprint density at radius 1 is 0.640 bits per heavy atom. The van der Waals surface area contributed by atoms with Crippen molar-refractivity contribution in [3.8, 4) is 0 Å². The maximum Gasteiger partial charge on any atom is 0.385 e. The first kappa shape index (κ1) is 23.2. The molecule has 0 aromatic heterocycles. The Hall–Kier alpha value is -1.84. The lowest BCUT2D eigenvalue weighted by atomic mass is 10.0. The quantitative estimate of drug-likeness (QED) is 0.101. The molecule has 0 spiro atoms. The number of aliphatic hydroxyl groups excluding tert-OH is 8. The van der Waals surface area contributed by atoms with Gasteiger partial charge in [0.2, 0.25) is 0 Å². The van der Waals surface area contributed by atoms with Crippen LogP contribution in [-0.2, 0) is 23.9 Å². The number of hydrogen-bond acceptors (Lipinski definition) is 13. The Kier molecular flexibility index (Phi) is 9.47. The number of rotatable bonds is 10. The van der Waals surface area contributed by atoms with Crippen molar-refractivity contribution in [2.45, 2.75) is 36.6 Å². The van der Waals surface area contributed by atoms with E-state index in [4.69, 9.17) is 20.4 Å². The van der Waals surface area contributed by atoms with Crippen molar-refractivity contribution >= 4 is 23.5 Å². The van der Waals surface area contributed by atoms with Crippen molar-refractivity contribution in [1.82, 2.24) is 0 Å². The molecule has 8 N–H and O–H groups in total. The molecule has 0 saturated heterocycles. The predicted octanol–water partition coefficient (Wildman–Crippen LogP) is -6.66. The molecule has 144 valence electrons. The fraction of sp³-hybridized carbons (Fsp3) is 0.667. The number of hydrogen-bond donors (Lipinski definition) is 8. The number of aliphatic hydroxyl groups is 8. The van der Waals surface area contributed by atoms with Crippen LogP contribution < -0.4 is 0 Å². The maximum atomic E-state index is 11.4. The monoisotopic (exact) mass is 370 g/mol. The van der Waals surface area contributed by atoms with Gasteiger partial charge in [-0.25, -0.2) is 9.59 Å². The summed E-state index contributed by atoms with van der Waals surface area (Å²) in [6, 6.07) is 0. The fourth-order valence-electron chi connectivity index (χ4n) is 1.37. The molecule has 6 atom stereocenters. The van der Waals surface area contributed by atoms with Crippen molar-refractivity contribution in [2.75, 3.05) is 13.2 Å². The number of ether oxygens (including phenoxy) is 1. The molecule has 0 bridgehead atoms. The largest absolute Gasteiger partial charge is 0.394 e. The van der Waals surface area contributed by atoms with Gasteiger partial charge in [0.05, 0.1) is 13.2 Å². The molecule has 25 heavy (non-hydrogen) atoms. The van der Waals surface area contributed by atoms with Crippen LogP contribution in [0.2, 0.25) is 0 Å². The second kappa shape index (κ2) is 10.2. The molecule has 0 aliphatic rings. The predicted molar refractivity (Wildman–Crippen MR) is 71.3 cm³/mol. The molecule has 0 fully saturated rings. The second-order valence-electron chi connectivity index (χ2n) is 4.78. The highest BCUT2D eigenvalue weighted by atomic mass is 16.6. The number of carbonyl (C=O) groups excluding carboxylic acids is 4. The SMILES string of the molecule is O=C(OC(=O)C(=O)[C@@H](O)[C@H](O)[C@@H](O)CO)C(=O)[C@@H](O)[C@H](O)[C@@H](O)CO. The van der Waals surface area contributed by atoms with Crippen LogP contribution in [0.3, 0.4) is 0 Å². The molecule has 0 rings (SSSR count). The third-order valence-electron chi connectivity index (χ3n) is 2.93. The van der Waals surface area contributed by atoms with Gasteiger partial charge in [-0.3, -0.25) is 9.59 Å². The van der Waals surface area contributed by atoms with Gasteiger partial charge >= 0.3 is 11.9 Å². The van der Waals surface area contributed by atoms with Crippen molar-refractivity contribution < 1.29 is 64.8 Å². The molecular weight excluding hydrogens is 352 g/mol. The van der Waals surface area contributed by atoms with Crippen molar-refractivity contribution in [2.24, 2.45) is 0 Å². The van der Waals surface area contributed by atoms with E-state index < -0.39 is 73.3 Å². The lowest BCUT2D eigenvalue weighted by Gasteiger charge is -2.20. The van der Waals surface area contributed by atoms with E-state index in [0.29, 0.717) is 0 Å². The summed E-state index contributed by atoms with van der Waals surface area (Å²) >= 11 is 0. The zero-order chi connectivity index (χ0) is 19.9. The standard InChI is InChI=1S/C12H18O13/c13-1-3(15)5(17)7(19)9(21)11(23)25-12(24)10(22)8(20)6(18)4(16)2-14/h3-8,13-20H,1-2H2/t3-,4-,5+,6+,7-,8-/m0/s1. The highest BCUT2D eigenvalue weighted by molar-refractivity contribution is 6.43. The third kappa shape index (κ3) is 6.18. The first-order valence-corrected chi connectivity index (χ1v) is 6.63. The number of ketones is 2. The van der Waals surface area contributed by atoms with E-state index in [1.807, 2.05) is 0 Å². The van der Waals surface area contributed by atoms with Crippen LogP contribution in [0.15, 0.2) is 0 Å². The number of carbonyl (C=O) groups is 4. The van der Waals surface area contributed by atoms with Crippen LogP contribution in [0.5, 0.6) is 0 Å². The summed E-state index contributed by atoms with van der Waals surface area (Å²) < 4.78 is 3.74. The average molecular weight is 370 g/mol. The molecule has 0 saturated carbocycles. The lowest BCUT2D eigenvalue weighted by Crippen LogP contribution is -2.49. The van der Waals surface area contributed by atoms with Crippen molar-refractivity contribution in [3.63, 3.8) is 0 Å². The van der Waals surface area contributed by atoms with Crippen LogP contribution in [0, 0.1) is 0 Å². The topological polar surface area (TPSA) is 239 Å². The van der Waals surface area contributed by atoms with E-state index >= 15 is 0 Å². The smallest absolute Gasteiger partial charge is 0.385 e. The molecule has 13 heteroatoms. The van der Waals surface area contributed by atoms with E-state index in [1.54, 1.807) is 0 Å². The van der Waals surface area contributed by atoms with Gasteiger partial charge in [-0.05, 0) is 0 Å². The van der Waals surface area contributed by atoms with E-state index in [9.17, 15) is 39.6 Å². The highest BCUT2D eigenvalue weighted by Crippen LogP contribution is 2.05. The maximum absolute atomic E-state index is 11.4. The Bertz CT molecular complexity index is 459. The third-order valence-corrected chi connectivity index (χ3v) is 2.93. The zero-order valence-corrected chi connectivity index (χ0v) is 12.5. The molecule has 0 aliphatic heterocycles.